The predicted octanol–water partition coefficient (Wildman–Crippen LogP) is 2.56. The molecular formula is C12H13NO4. The molecule has 0 atom stereocenters. The molecule has 1 aromatic rings. The first-order valence-corrected chi connectivity index (χ1v) is 5.06. The molecule has 0 aliphatic carbocycles. The zero-order valence-corrected chi connectivity index (χ0v) is 9.67. The summed E-state index contributed by atoms with van der Waals surface area (Å²) in [5.41, 5.74) is 1.28. The standard InChI is InChI=1S/C12H13NO4/c1-9(7-8-17-10(2)14)11-5-3-4-6-12(11)13(15)16/h3-7H,8H2,1-2H3/b9-7+. The Labute approximate surface area is 98.9 Å². The molecule has 90 valence electrons. The summed E-state index contributed by atoms with van der Waals surface area (Å²) < 4.78 is 4.75. The normalized spacial score (nSPS) is 11.1. The van der Waals surface area contributed by atoms with Crippen LogP contribution in [-0.4, -0.2) is 17.5 Å². The van der Waals surface area contributed by atoms with Gasteiger partial charge in [0.05, 0.1) is 10.5 Å². The summed E-state index contributed by atoms with van der Waals surface area (Å²) in [5, 5.41) is 10.8. The van der Waals surface area contributed by atoms with Crippen LogP contribution < -0.4 is 0 Å². The Morgan fingerprint density at radius 2 is 2.06 bits per heavy atom. The summed E-state index contributed by atoms with van der Waals surface area (Å²) in [6, 6.07) is 6.45. The molecule has 0 bridgehead atoms. The summed E-state index contributed by atoms with van der Waals surface area (Å²) in [6.45, 7) is 3.17. The Morgan fingerprint density at radius 3 is 2.65 bits per heavy atom. The van der Waals surface area contributed by atoms with E-state index in [9.17, 15) is 14.9 Å². The van der Waals surface area contributed by atoms with Crippen LogP contribution in [0, 0.1) is 10.1 Å². The van der Waals surface area contributed by atoms with Crippen LogP contribution in [0.3, 0.4) is 0 Å². The molecular weight excluding hydrogens is 222 g/mol. The number of nitrogens with zero attached hydrogens (tertiary/aromatic N) is 1. The first-order chi connectivity index (χ1) is 8.02. The highest BCUT2D eigenvalue weighted by Gasteiger charge is 2.12. The van der Waals surface area contributed by atoms with Gasteiger partial charge >= 0.3 is 5.97 Å². The molecule has 1 aromatic carbocycles. The van der Waals surface area contributed by atoms with Crippen molar-refractivity contribution in [3.8, 4) is 0 Å². The molecule has 5 nitrogen and oxygen atoms in total. The van der Waals surface area contributed by atoms with Crippen LogP contribution in [0.5, 0.6) is 0 Å². The van der Waals surface area contributed by atoms with Crippen molar-refractivity contribution in [1.29, 1.82) is 0 Å². The monoisotopic (exact) mass is 235 g/mol. The van der Waals surface area contributed by atoms with Crippen molar-refractivity contribution in [3.63, 3.8) is 0 Å². The average Bonchev–Trinajstić information content (AvgIpc) is 2.28. The van der Waals surface area contributed by atoms with Gasteiger partial charge in [0.1, 0.15) is 6.61 Å². The van der Waals surface area contributed by atoms with E-state index in [2.05, 4.69) is 0 Å². The number of ether oxygens (including phenoxy) is 1. The van der Waals surface area contributed by atoms with E-state index < -0.39 is 4.92 Å². The lowest BCUT2D eigenvalue weighted by Gasteiger charge is -2.03. The maximum atomic E-state index is 10.8. The molecule has 0 aromatic heterocycles. The number of carbonyl (C=O) groups excluding carboxylic acids is 1. The number of allylic oxidation sites excluding steroid dienone is 1. The van der Waals surface area contributed by atoms with E-state index in [1.807, 2.05) is 0 Å². The average molecular weight is 235 g/mol. The molecule has 0 radical (unpaired) electrons. The molecule has 0 aliphatic heterocycles. The SMILES string of the molecule is CC(=O)OC/C=C(\C)c1ccccc1[N+](=O)[O-]. The van der Waals surface area contributed by atoms with Crippen LogP contribution in [-0.2, 0) is 9.53 Å². The van der Waals surface area contributed by atoms with Gasteiger partial charge in [0.2, 0.25) is 0 Å². The van der Waals surface area contributed by atoms with Crippen LogP contribution in [0.25, 0.3) is 5.57 Å². The number of esters is 1. The second kappa shape index (κ2) is 5.79. The van der Waals surface area contributed by atoms with Gasteiger partial charge in [-0.2, -0.15) is 0 Å². The number of nitro benzene ring substituents is 1. The van der Waals surface area contributed by atoms with Crippen LogP contribution >= 0.6 is 0 Å². The topological polar surface area (TPSA) is 69.4 Å². The van der Waals surface area contributed by atoms with Gasteiger partial charge in [-0.25, -0.2) is 0 Å². The lowest BCUT2D eigenvalue weighted by molar-refractivity contribution is -0.385. The molecule has 0 amide bonds. The number of nitro groups is 1. The largest absolute Gasteiger partial charge is 0.462 e. The molecule has 0 saturated heterocycles. The van der Waals surface area contributed by atoms with Crippen LogP contribution in [0.1, 0.15) is 19.4 Å². The molecule has 5 heteroatoms. The fraction of sp³-hybridized carbons (Fsp3) is 0.250. The van der Waals surface area contributed by atoms with Crippen molar-refractivity contribution >= 4 is 17.2 Å². The van der Waals surface area contributed by atoms with Gasteiger partial charge in [-0.05, 0) is 24.6 Å². The van der Waals surface area contributed by atoms with Gasteiger partial charge in [-0.15, -0.1) is 0 Å². The fourth-order valence-electron chi connectivity index (χ4n) is 1.36. The third kappa shape index (κ3) is 3.71. The van der Waals surface area contributed by atoms with Gasteiger partial charge in [0.25, 0.3) is 5.69 Å². The maximum absolute atomic E-state index is 10.8. The number of hydrogen-bond donors (Lipinski definition) is 0. The summed E-state index contributed by atoms with van der Waals surface area (Å²) in [4.78, 5) is 20.9. The Kier molecular flexibility index (Phi) is 4.39. The van der Waals surface area contributed by atoms with Crippen molar-refractivity contribution in [2.45, 2.75) is 13.8 Å². The number of rotatable bonds is 4. The number of benzene rings is 1. The molecule has 17 heavy (non-hydrogen) atoms. The molecule has 0 aliphatic rings. The van der Waals surface area contributed by atoms with Crippen molar-refractivity contribution in [2.24, 2.45) is 0 Å². The number of hydrogen-bond acceptors (Lipinski definition) is 4. The predicted molar refractivity (Wildman–Crippen MR) is 63.4 cm³/mol. The first-order valence-electron chi connectivity index (χ1n) is 5.06. The zero-order chi connectivity index (χ0) is 12.8. The first kappa shape index (κ1) is 12.9. The Morgan fingerprint density at radius 1 is 1.41 bits per heavy atom. The maximum Gasteiger partial charge on any atom is 0.302 e. The van der Waals surface area contributed by atoms with Gasteiger partial charge in [-0.1, -0.05) is 12.1 Å². The van der Waals surface area contributed by atoms with E-state index >= 15 is 0 Å². The minimum absolute atomic E-state index is 0.0454. The van der Waals surface area contributed by atoms with E-state index in [0.717, 1.165) is 0 Å². The minimum atomic E-state index is -0.432. The van der Waals surface area contributed by atoms with Crippen LogP contribution in [0.4, 0.5) is 5.69 Å². The van der Waals surface area contributed by atoms with Crippen LogP contribution in [0.15, 0.2) is 30.3 Å². The molecule has 0 unspecified atom stereocenters. The van der Waals surface area contributed by atoms with Gasteiger partial charge < -0.3 is 4.74 Å². The lowest BCUT2D eigenvalue weighted by Crippen LogP contribution is -1.99. The summed E-state index contributed by atoms with van der Waals surface area (Å²) in [5.74, 6) is -0.378. The summed E-state index contributed by atoms with van der Waals surface area (Å²) >= 11 is 0. The summed E-state index contributed by atoms with van der Waals surface area (Å²) in [6.07, 6.45) is 1.64. The van der Waals surface area contributed by atoms with Crippen molar-refractivity contribution in [2.75, 3.05) is 6.61 Å². The highest BCUT2D eigenvalue weighted by atomic mass is 16.6. The highest BCUT2D eigenvalue weighted by molar-refractivity contribution is 5.72. The molecule has 0 saturated carbocycles. The van der Waals surface area contributed by atoms with E-state index in [4.69, 9.17) is 4.74 Å². The third-order valence-corrected chi connectivity index (χ3v) is 2.20. The van der Waals surface area contributed by atoms with E-state index in [1.165, 1.54) is 13.0 Å². The fourth-order valence-corrected chi connectivity index (χ4v) is 1.36. The molecule has 1 rings (SSSR count). The van der Waals surface area contributed by atoms with E-state index in [-0.39, 0.29) is 18.3 Å². The van der Waals surface area contributed by atoms with E-state index in [0.29, 0.717) is 11.1 Å². The number of carbonyl (C=O) groups is 1. The summed E-state index contributed by atoms with van der Waals surface area (Å²) in [7, 11) is 0. The minimum Gasteiger partial charge on any atom is -0.462 e. The molecule has 0 N–H and O–H groups in total. The van der Waals surface area contributed by atoms with Crippen molar-refractivity contribution in [3.05, 3.63) is 46.0 Å². The Hall–Kier alpha value is -2.17. The van der Waals surface area contributed by atoms with Crippen LogP contribution in [0.2, 0.25) is 0 Å². The van der Waals surface area contributed by atoms with Gasteiger partial charge in [0, 0.05) is 13.0 Å². The number of para-hydroxylation sites is 1. The van der Waals surface area contributed by atoms with Crippen molar-refractivity contribution in [1.82, 2.24) is 0 Å². The second-order valence-corrected chi connectivity index (χ2v) is 3.46. The zero-order valence-electron chi connectivity index (χ0n) is 9.67. The smallest absolute Gasteiger partial charge is 0.302 e. The van der Waals surface area contributed by atoms with Crippen molar-refractivity contribution < 1.29 is 14.5 Å². The third-order valence-electron chi connectivity index (χ3n) is 2.20. The van der Waals surface area contributed by atoms with Gasteiger partial charge in [0.15, 0.2) is 0 Å². The Balaban J connectivity index is 2.91. The lowest BCUT2D eigenvalue weighted by atomic mass is 10.1. The Bertz CT molecular complexity index is 465. The quantitative estimate of drug-likeness (QED) is 0.457. The molecule has 0 fully saturated rings. The van der Waals surface area contributed by atoms with Gasteiger partial charge in [-0.3, -0.25) is 14.9 Å². The molecule has 0 heterocycles. The highest BCUT2D eigenvalue weighted by Crippen LogP contribution is 2.24. The van der Waals surface area contributed by atoms with E-state index in [1.54, 1.807) is 31.2 Å². The second-order valence-electron chi connectivity index (χ2n) is 3.46. The molecule has 0 spiro atoms.